The quantitative estimate of drug-likeness (QED) is 0.848. The first-order valence-electron chi connectivity index (χ1n) is 8.64. The van der Waals surface area contributed by atoms with Crippen LogP contribution in [0.25, 0.3) is 0 Å². The normalized spacial score (nSPS) is 22.3. The first-order valence-corrected chi connectivity index (χ1v) is 9.43. The van der Waals surface area contributed by atoms with Crippen LogP contribution < -0.4 is 5.32 Å². The van der Waals surface area contributed by atoms with Crippen LogP contribution >= 0.6 is 15.9 Å². The molecule has 0 bridgehead atoms. The van der Waals surface area contributed by atoms with Gasteiger partial charge in [-0.3, -0.25) is 9.59 Å². The highest BCUT2D eigenvalue weighted by atomic mass is 79.9. The van der Waals surface area contributed by atoms with Crippen molar-refractivity contribution in [2.75, 3.05) is 32.7 Å². The van der Waals surface area contributed by atoms with Crippen LogP contribution in [-0.4, -0.2) is 64.9 Å². The van der Waals surface area contributed by atoms with Gasteiger partial charge in [0, 0.05) is 48.9 Å². The summed E-state index contributed by atoms with van der Waals surface area (Å²) in [6.45, 7) is 7.51. The zero-order valence-electron chi connectivity index (χ0n) is 14.3. The number of carbonyl (C=O) groups is 2. The predicted molar refractivity (Wildman–Crippen MR) is 96.0 cm³/mol. The number of rotatable bonds is 3. The molecule has 3 heterocycles. The Morgan fingerprint density at radius 3 is 2.88 bits per heavy atom. The number of hydrogen-bond acceptors (Lipinski definition) is 3. The van der Waals surface area contributed by atoms with Crippen molar-refractivity contribution in [3.63, 3.8) is 0 Å². The molecule has 2 saturated heterocycles. The number of likely N-dealkylation sites (tertiary alicyclic amines) is 1. The van der Waals surface area contributed by atoms with E-state index in [4.69, 9.17) is 0 Å². The fraction of sp³-hybridized carbons (Fsp3) is 0.647. The summed E-state index contributed by atoms with van der Waals surface area (Å²) < 4.78 is 2.93. The topological polar surface area (TPSA) is 57.6 Å². The molecule has 132 valence electrons. The molecule has 0 saturated carbocycles. The highest BCUT2D eigenvalue weighted by Crippen LogP contribution is 2.23. The highest BCUT2D eigenvalue weighted by molar-refractivity contribution is 9.10. The summed E-state index contributed by atoms with van der Waals surface area (Å²) in [5, 5.41) is 3.11. The van der Waals surface area contributed by atoms with Crippen molar-refractivity contribution in [1.29, 1.82) is 0 Å². The van der Waals surface area contributed by atoms with Crippen molar-refractivity contribution in [2.24, 2.45) is 0 Å². The first kappa shape index (κ1) is 17.5. The van der Waals surface area contributed by atoms with E-state index in [1.165, 1.54) is 0 Å². The van der Waals surface area contributed by atoms with Gasteiger partial charge < -0.3 is 19.7 Å². The lowest BCUT2D eigenvalue weighted by atomic mass is 10.0. The summed E-state index contributed by atoms with van der Waals surface area (Å²) in [5.74, 6) is 0.204. The molecule has 2 fully saturated rings. The molecule has 1 atom stereocenters. The molecule has 0 aliphatic carbocycles. The summed E-state index contributed by atoms with van der Waals surface area (Å²) in [7, 11) is 0. The number of halogens is 1. The summed E-state index contributed by atoms with van der Waals surface area (Å²) >= 11 is 3.47. The molecule has 1 unspecified atom stereocenters. The molecule has 6 nitrogen and oxygen atoms in total. The molecule has 1 aromatic rings. The minimum Gasteiger partial charge on any atom is -0.340 e. The van der Waals surface area contributed by atoms with E-state index in [-0.39, 0.29) is 23.9 Å². The van der Waals surface area contributed by atoms with Crippen molar-refractivity contribution in [2.45, 2.75) is 38.8 Å². The molecule has 2 aliphatic rings. The van der Waals surface area contributed by atoms with Crippen LogP contribution in [0.5, 0.6) is 0 Å². The predicted octanol–water partition coefficient (Wildman–Crippen LogP) is 1.87. The monoisotopic (exact) mass is 396 g/mol. The molecular formula is C17H25BrN4O2. The van der Waals surface area contributed by atoms with Crippen molar-refractivity contribution < 1.29 is 9.59 Å². The third-order valence-corrected chi connectivity index (χ3v) is 5.27. The Morgan fingerprint density at radius 1 is 1.38 bits per heavy atom. The second-order valence-corrected chi connectivity index (χ2v) is 7.77. The number of amides is 2. The highest BCUT2D eigenvalue weighted by Gasteiger charge is 2.32. The summed E-state index contributed by atoms with van der Waals surface area (Å²) in [6, 6.07) is 2.26. The second-order valence-electron chi connectivity index (χ2n) is 6.86. The Balaban J connectivity index is 1.75. The maximum Gasteiger partial charge on any atom is 0.270 e. The second kappa shape index (κ2) is 7.27. The fourth-order valence-corrected chi connectivity index (χ4v) is 4.04. The van der Waals surface area contributed by atoms with Crippen molar-refractivity contribution in [3.8, 4) is 0 Å². The van der Waals surface area contributed by atoms with Gasteiger partial charge in [-0.05, 0) is 48.7 Å². The van der Waals surface area contributed by atoms with Gasteiger partial charge in [0.05, 0.1) is 6.54 Å². The SMILES string of the molecule is CC(C)n1cc(Br)cc1C(=O)N1CCCC(N2CCNCC2=O)C1. The summed E-state index contributed by atoms with van der Waals surface area (Å²) in [6.07, 6.45) is 3.88. The van der Waals surface area contributed by atoms with Crippen molar-refractivity contribution in [3.05, 3.63) is 22.4 Å². The molecule has 2 amide bonds. The molecule has 1 N–H and O–H groups in total. The van der Waals surface area contributed by atoms with Crippen LogP contribution in [0, 0.1) is 0 Å². The van der Waals surface area contributed by atoms with Crippen LogP contribution in [0.3, 0.4) is 0 Å². The van der Waals surface area contributed by atoms with E-state index in [1.807, 2.05) is 26.6 Å². The maximum absolute atomic E-state index is 13.0. The molecule has 3 rings (SSSR count). The molecule has 0 radical (unpaired) electrons. The number of hydrogen-bond donors (Lipinski definition) is 1. The van der Waals surface area contributed by atoms with Crippen LogP contribution in [-0.2, 0) is 4.79 Å². The van der Waals surface area contributed by atoms with E-state index < -0.39 is 0 Å². The van der Waals surface area contributed by atoms with E-state index >= 15 is 0 Å². The summed E-state index contributed by atoms with van der Waals surface area (Å²) in [5.41, 5.74) is 0.712. The number of nitrogens with zero attached hydrogens (tertiary/aromatic N) is 3. The minimum atomic E-state index is 0.0571. The number of carbonyl (C=O) groups excluding carboxylic acids is 2. The molecule has 0 aromatic carbocycles. The minimum absolute atomic E-state index is 0.0571. The average molecular weight is 397 g/mol. The molecule has 0 spiro atoms. The lowest BCUT2D eigenvalue weighted by Gasteiger charge is -2.41. The van der Waals surface area contributed by atoms with Gasteiger partial charge in [0.2, 0.25) is 5.91 Å². The lowest BCUT2D eigenvalue weighted by Crippen LogP contribution is -2.57. The number of piperidine rings is 1. The summed E-state index contributed by atoms with van der Waals surface area (Å²) in [4.78, 5) is 29.0. The Bertz CT molecular complexity index is 628. The Hall–Kier alpha value is -1.34. The van der Waals surface area contributed by atoms with Gasteiger partial charge in [0.25, 0.3) is 5.91 Å². The smallest absolute Gasteiger partial charge is 0.270 e. The van der Waals surface area contributed by atoms with Crippen LogP contribution in [0.2, 0.25) is 0 Å². The van der Waals surface area contributed by atoms with Crippen LogP contribution in [0.4, 0.5) is 0 Å². The molecule has 7 heteroatoms. The van der Waals surface area contributed by atoms with Crippen molar-refractivity contribution >= 4 is 27.7 Å². The zero-order valence-corrected chi connectivity index (χ0v) is 15.9. The first-order chi connectivity index (χ1) is 11.5. The fourth-order valence-electron chi connectivity index (χ4n) is 3.61. The van der Waals surface area contributed by atoms with E-state index in [0.29, 0.717) is 18.8 Å². The Morgan fingerprint density at radius 2 is 2.17 bits per heavy atom. The van der Waals surface area contributed by atoms with Gasteiger partial charge in [-0.2, -0.15) is 0 Å². The standard InChI is InChI=1S/C17H25BrN4O2/c1-12(2)22-10-13(18)8-15(22)17(24)20-6-3-4-14(11-20)21-7-5-19-9-16(21)23/h8,10,12,14,19H,3-7,9,11H2,1-2H3. The van der Waals surface area contributed by atoms with Gasteiger partial charge in [-0.1, -0.05) is 0 Å². The van der Waals surface area contributed by atoms with E-state index in [2.05, 4.69) is 35.1 Å². The Kier molecular flexibility index (Phi) is 5.30. The molecular weight excluding hydrogens is 372 g/mol. The van der Waals surface area contributed by atoms with Crippen LogP contribution in [0.15, 0.2) is 16.7 Å². The van der Waals surface area contributed by atoms with Gasteiger partial charge >= 0.3 is 0 Å². The number of nitrogens with one attached hydrogen (secondary N) is 1. The third kappa shape index (κ3) is 3.52. The Labute approximate surface area is 151 Å². The van der Waals surface area contributed by atoms with Gasteiger partial charge in [0.1, 0.15) is 5.69 Å². The molecule has 2 aliphatic heterocycles. The van der Waals surface area contributed by atoms with E-state index in [1.54, 1.807) is 0 Å². The van der Waals surface area contributed by atoms with Crippen LogP contribution in [0.1, 0.15) is 43.2 Å². The lowest BCUT2D eigenvalue weighted by molar-refractivity contribution is -0.135. The van der Waals surface area contributed by atoms with Gasteiger partial charge in [-0.25, -0.2) is 0 Å². The number of piperazine rings is 1. The average Bonchev–Trinajstić information content (AvgIpc) is 2.97. The van der Waals surface area contributed by atoms with Crippen molar-refractivity contribution in [1.82, 2.24) is 19.7 Å². The van der Waals surface area contributed by atoms with E-state index in [9.17, 15) is 9.59 Å². The third-order valence-electron chi connectivity index (χ3n) is 4.84. The largest absolute Gasteiger partial charge is 0.340 e. The van der Waals surface area contributed by atoms with E-state index in [0.717, 1.165) is 36.9 Å². The zero-order chi connectivity index (χ0) is 17.3. The molecule has 1 aromatic heterocycles. The maximum atomic E-state index is 13.0. The number of aromatic nitrogens is 1. The van der Waals surface area contributed by atoms with Gasteiger partial charge in [-0.15, -0.1) is 0 Å². The van der Waals surface area contributed by atoms with Gasteiger partial charge in [0.15, 0.2) is 0 Å². The molecule has 24 heavy (non-hydrogen) atoms.